The summed E-state index contributed by atoms with van der Waals surface area (Å²) in [6, 6.07) is 17.4. The van der Waals surface area contributed by atoms with Crippen LogP contribution >= 0.6 is 0 Å². The minimum absolute atomic E-state index is 0. The van der Waals surface area contributed by atoms with Crippen LogP contribution in [-0.2, 0) is 31.6 Å². The van der Waals surface area contributed by atoms with E-state index in [0.717, 1.165) is 26.2 Å². The molecule has 2 atom stereocenters. The molecule has 0 aliphatic heterocycles. The topological polar surface area (TPSA) is 98.0 Å². The van der Waals surface area contributed by atoms with Gasteiger partial charge in [-0.25, -0.2) is 0 Å². The van der Waals surface area contributed by atoms with Gasteiger partial charge < -0.3 is 0 Å². The van der Waals surface area contributed by atoms with Crippen LogP contribution in [0.15, 0.2) is 94.7 Å². The van der Waals surface area contributed by atoms with Crippen LogP contribution in [0.4, 0.5) is 26.3 Å². The Bertz CT molecular complexity index is 1340. The summed E-state index contributed by atoms with van der Waals surface area (Å²) in [5, 5.41) is 12.3. The van der Waals surface area contributed by atoms with Gasteiger partial charge in [-0.05, 0) is 54.2 Å². The first-order valence-electron chi connectivity index (χ1n) is 13.4. The number of nitroso groups, excluding NO2 is 3. The van der Waals surface area contributed by atoms with Crippen molar-refractivity contribution in [1.29, 1.82) is 0 Å². The Labute approximate surface area is 277 Å². The number of hydrogen-bond donors (Lipinski definition) is 0. The molecule has 0 aromatic heterocycles. The molecule has 0 saturated carbocycles. The van der Waals surface area contributed by atoms with E-state index in [4.69, 9.17) is 0 Å². The maximum absolute atomic E-state index is 13.4. The van der Waals surface area contributed by atoms with Crippen LogP contribution in [-0.4, -0.2) is 83.3 Å². The largest absolute Gasteiger partial charge is 0.416 e. The fourth-order valence-corrected chi connectivity index (χ4v) is 4.80. The number of likely N-dealkylation sites (N-methyl/N-ethyl adjacent to an activating group) is 1. The summed E-state index contributed by atoms with van der Waals surface area (Å²) < 4.78 is 80.3. The smallest absolute Gasteiger partial charge is 0.262 e. The van der Waals surface area contributed by atoms with Gasteiger partial charge in [0, 0.05) is 43.1 Å². The Balaban J connectivity index is 0.00000705. The minimum atomic E-state index is -5.03. The van der Waals surface area contributed by atoms with E-state index in [9.17, 15) is 41.1 Å². The summed E-state index contributed by atoms with van der Waals surface area (Å²) in [6.07, 6.45) is -10.0. The van der Waals surface area contributed by atoms with Crippen LogP contribution in [0.3, 0.4) is 0 Å². The number of benzene rings is 3. The third-order valence-corrected chi connectivity index (χ3v) is 6.97. The number of hydrogen-bond acceptors (Lipinski definition) is 6. The Morgan fingerprint density at radius 3 is 1.47 bits per heavy atom. The van der Waals surface area contributed by atoms with Gasteiger partial charge in [-0.15, -0.1) is 14.7 Å². The molecule has 45 heavy (non-hydrogen) atoms. The average molecular weight is 648 g/mol. The first-order chi connectivity index (χ1) is 20.8. The molecule has 3 aromatic rings. The number of halogens is 6. The van der Waals surface area contributed by atoms with Crippen molar-refractivity contribution in [3.05, 3.63) is 121 Å². The van der Waals surface area contributed by atoms with E-state index >= 15 is 0 Å². The molecule has 9 nitrogen and oxygen atoms in total. The second-order valence-electron chi connectivity index (χ2n) is 10.2. The van der Waals surface area contributed by atoms with Crippen molar-refractivity contribution in [2.24, 2.45) is 15.9 Å². The Hall–Kier alpha value is -3.56. The van der Waals surface area contributed by atoms with Crippen molar-refractivity contribution in [3.63, 3.8) is 0 Å². The van der Waals surface area contributed by atoms with Crippen LogP contribution in [0.2, 0.25) is 0 Å². The summed E-state index contributed by atoms with van der Waals surface area (Å²) in [5.41, 5.74) is -1.70. The van der Waals surface area contributed by atoms with Gasteiger partial charge in [0.1, 0.15) is 0 Å². The van der Waals surface area contributed by atoms with Crippen LogP contribution < -0.4 is 0 Å². The molecule has 0 amide bonds. The molecule has 237 valence electrons. The molecule has 0 unspecified atom stereocenters. The quantitative estimate of drug-likeness (QED) is 0.0744. The Kier molecular flexibility index (Phi) is 14.4. The van der Waals surface area contributed by atoms with Crippen LogP contribution in [0.25, 0.3) is 0 Å². The molecule has 0 saturated heterocycles. The summed E-state index contributed by atoms with van der Waals surface area (Å²) in [7, 11) is 1.42. The van der Waals surface area contributed by atoms with Crippen LogP contribution in [0, 0.1) is 14.7 Å². The average Bonchev–Trinajstić information content (AvgIpc) is 2.99. The summed E-state index contributed by atoms with van der Waals surface area (Å²) in [6.45, 7) is -0.572. The van der Waals surface area contributed by atoms with Crippen molar-refractivity contribution in [2.45, 2.75) is 43.7 Å². The SMILES string of the molecule is CN(C[C@H](Cc1ccccc1)N(C[C@H](Cc1ccccc1)N(CCc1cc(C(F)(F)F)cc(C(F)(F)F)c1)N=O)N=O)N=O.[Na]. The second-order valence-corrected chi connectivity index (χ2v) is 10.2. The molecule has 3 rings (SSSR count). The second kappa shape index (κ2) is 17.2. The first-order valence-corrected chi connectivity index (χ1v) is 13.4. The Morgan fingerprint density at radius 1 is 0.622 bits per heavy atom. The molecule has 0 aliphatic carbocycles. The van der Waals surface area contributed by atoms with Crippen molar-refractivity contribution in [2.75, 3.05) is 26.7 Å². The van der Waals surface area contributed by atoms with Crippen molar-refractivity contribution >= 4 is 29.6 Å². The monoisotopic (exact) mass is 647 g/mol. The van der Waals surface area contributed by atoms with E-state index in [1.54, 1.807) is 48.5 Å². The molecule has 0 N–H and O–H groups in total. The predicted molar refractivity (Wildman–Crippen MR) is 157 cm³/mol. The maximum atomic E-state index is 13.4. The van der Waals surface area contributed by atoms with Gasteiger partial charge in [0.25, 0.3) is 0 Å². The van der Waals surface area contributed by atoms with E-state index in [-0.39, 0.29) is 80.1 Å². The molecule has 0 spiro atoms. The summed E-state index contributed by atoms with van der Waals surface area (Å²) in [5.74, 6) is 0. The van der Waals surface area contributed by atoms with Crippen molar-refractivity contribution in [3.8, 4) is 0 Å². The number of rotatable bonds is 16. The fraction of sp³-hybridized carbons (Fsp3) is 0.379. The zero-order valence-electron chi connectivity index (χ0n) is 24.6. The van der Waals surface area contributed by atoms with Gasteiger partial charge in [0.15, 0.2) is 0 Å². The zero-order chi connectivity index (χ0) is 32.3. The van der Waals surface area contributed by atoms with Crippen LogP contribution in [0.1, 0.15) is 27.8 Å². The minimum Gasteiger partial charge on any atom is -0.262 e. The van der Waals surface area contributed by atoms with Gasteiger partial charge in [-0.3, -0.25) is 15.0 Å². The van der Waals surface area contributed by atoms with Gasteiger partial charge in [-0.2, -0.15) is 26.3 Å². The maximum Gasteiger partial charge on any atom is 0.416 e. The van der Waals surface area contributed by atoms with E-state index in [0.29, 0.717) is 12.1 Å². The zero-order valence-corrected chi connectivity index (χ0v) is 26.6. The Morgan fingerprint density at radius 2 is 1.07 bits per heavy atom. The molecule has 16 heteroatoms. The van der Waals surface area contributed by atoms with E-state index in [2.05, 4.69) is 15.9 Å². The number of nitrogens with zero attached hydrogens (tertiary/aromatic N) is 6. The molecular weight excluding hydrogens is 617 g/mol. The molecule has 0 aliphatic rings. The molecule has 0 bridgehead atoms. The van der Waals surface area contributed by atoms with Crippen molar-refractivity contribution in [1.82, 2.24) is 15.0 Å². The summed E-state index contributed by atoms with van der Waals surface area (Å²) >= 11 is 0. The normalized spacial score (nSPS) is 12.8. The van der Waals surface area contributed by atoms with Gasteiger partial charge in [-0.1, -0.05) is 60.7 Å². The number of alkyl halides is 6. The molecule has 0 heterocycles. The van der Waals surface area contributed by atoms with E-state index in [1.807, 2.05) is 12.1 Å². The predicted octanol–water partition coefficient (Wildman–Crippen LogP) is 6.69. The van der Waals surface area contributed by atoms with Gasteiger partial charge >= 0.3 is 12.4 Å². The summed E-state index contributed by atoms with van der Waals surface area (Å²) in [4.78, 5) is 35.4. The van der Waals surface area contributed by atoms with Gasteiger partial charge in [0.2, 0.25) is 0 Å². The molecule has 3 aromatic carbocycles. The van der Waals surface area contributed by atoms with Crippen LogP contribution in [0.5, 0.6) is 0 Å². The van der Waals surface area contributed by atoms with Gasteiger partial charge in [0.05, 0.1) is 52.2 Å². The van der Waals surface area contributed by atoms with Crippen molar-refractivity contribution < 1.29 is 26.3 Å². The molecule has 1 radical (unpaired) electrons. The molecular formula is C29H30F6N6NaO3. The third kappa shape index (κ3) is 11.7. The third-order valence-electron chi connectivity index (χ3n) is 6.97. The first kappa shape index (κ1) is 37.6. The molecule has 0 fully saturated rings. The fourth-order valence-electron chi connectivity index (χ4n) is 4.80. The standard InChI is InChI=1S/C29H30F6N6O3.Na/c1-39(36-42)19-26(16-21-8-4-2-5-9-21)41(38-44)20-27(17-22-10-6-3-7-11-22)40(37-43)13-12-23-14-24(28(30,31)32)18-25(15-23)29(33,34)35;/h2-11,14-15,18,26-27H,12-13,16-17,19-20H2,1H3;/t26-,27-;/m0./s1. The van der Waals surface area contributed by atoms with E-state index < -0.39 is 35.6 Å². The van der Waals surface area contributed by atoms with E-state index in [1.165, 1.54) is 7.05 Å².